The third kappa shape index (κ3) is 5.39. The van der Waals surface area contributed by atoms with Gasteiger partial charge in [-0.1, -0.05) is 66.7 Å². The van der Waals surface area contributed by atoms with Crippen LogP contribution >= 0.6 is 0 Å². The van der Waals surface area contributed by atoms with Crippen LogP contribution in [0.4, 0.5) is 30.2 Å². The summed E-state index contributed by atoms with van der Waals surface area (Å²) in [6.45, 7) is 0. The molecule has 0 N–H and O–H groups in total. The molecule has 5 heteroatoms. The van der Waals surface area contributed by atoms with E-state index in [0.717, 1.165) is 34.8 Å². The molecular formula is C28H20F3NO. The van der Waals surface area contributed by atoms with Crippen LogP contribution in [0.2, 0.25) is 0 Å². The molecule has 0 spiro atoms. The molecule has 0 fully saturated rings. The summed E-state index contributed by atoms with van der Waals surface area (Å²) >= 11 is 0. The van der Waals surface area contributed by atoms with E-state index in [0.29, 0.717) is 0 Å². The normalized spacial score (nSPS) is 11.5. The lowest BCUT2D eigenvalue weighted by Gasteiger charge is -2.25. The van der Waals surface area contributed by atoms with E-state index in [1.165, 1.54) is 18.2 Å². The van der Waals surface area contributed by atoms with Crippen LogP contribution in [0.1, 0.15) is 21.5 Å². The van der Waals surface area contributed by atoms with Crippen molar-refractivity contribution in [3.8, 4) is 0 Å². The zero-order valence-electron chi connectivity index (χ0n) is 17.5. The van der Waals surface area contributed by atoms with Gasteiger partial charge < -0.3 is 4.90 Å². The smallest absolute Gasteiger partial charge is 0.311 e. The molecular weight excluding hydrogens is 423 g/mol. The van der Waals surface area contributed by atoms with E-state index in [-0.39, 0.29) is 5.56 Å². The maximum absolute atomic E-state index is 12.9. The molecule has 0 aliphatic heterocycles. The molecule has 33 heavy (non-hydrogen) atoms. The molecule has 0 atom stereocenters. The highest BCUT2D eigenvalue weighted by atomic mass is 19.4. The molecule has 164 valence electrons. The van der Waals surface area contributed by atoms with Crippen LogP contribution in [0.5, 0.6) is 0 Å². The highest BCUT2D eigenvalue weighted by Gasteiger charge is 2.30. The van der Waals surface area contributed by atoms with Crippen LogP contribution in [-0.2, 0) is 6.18 Å². The SMILES string of the molecule is O=C(C=Cc1ccc(N(c2ccccc2)c2ccccc2)cc1)c1cccc(C(F)(F)F)c1. The molecule has 0 aromatic heterocycles. The zero-order valence-corrected chi connectivity index (χ0v) is 17.5. The topological polar surface area (TPSA) is 20.3 Å². The van der Waals surface area contributed by atoms with Gasteiger partial charge in [-0.25, -0.2) is 0 Å². The maximum Gasteiger partial charge on any atom is 0.416 e. The van der Waals surface area contributed by atoms with Crippen molar-refractivity contribution in [2.24, 2.45) is 0 Å². The molecule has 0 aliphatic rings. The molecule has 4 rings (SSSR count). The molecule has 0 aliphatic carbocycles. The largest absolute Gasteiger partial charge is 0.416 e. The summed E-state index contributed by atoms with van der Waals surface area (Å²) in [6.07, 6.45) is -1.60. The number of ketones is 1. The molecule has 0 heterocycles. The van der Waals surface area contributed by atoms with Crippen molar-refractivity contribution < 1.29 is 18.0 Å². The number of hydrogen-bond donors (Lipinski definition) is 0. The standard InChI is InChI=1S/C28H20F3NO/c29-28(30,31)23-9-7-8-22(20-23)27(33)19-16-21-14-17-26(18-15-21)32(24-10-3-1-4-11-24)25-12-5-2-6-13-25/h1-20H. The maximum atomic E-state index is 12.9. The number of hydrogen-bond acceptors (Lipinski definition) is 2. The van der Waals surface area contributed by atoms with Crippen molar-refractivity contribution in [2.45, 2.75) is 6.18 Å². The van der Waals surface area contributed by atoms with Crippen LogP contribution < -0.4 is 4.90 Å². The fraction of sp³-hybridized carbons (Fsp3) is 0.0357. The molecule has 0 amide bonds. The van der Waals surface area contributed by atoms with Gasteiger partial charge in [0.25, 0.3) is 0 Å². The second-order valence-corrected chi connectivity index (χ2v) is 7.37. The average Bonchev–Trinajstić information content (AvgIpc) is 2.84. The number of rotatable bonds is 6. The monoisotopic (exact) mass is 443 g/mol. The number of anilines is 3. The summed E-state index contributed by atoms with van der Waals surface area (Å²) < 4.78 is 38.7. The number of allylic oxidation sites excluding steroid dienone is 1. The molecule has 0 unspecified atom stereocenters. The van der Waals surface area contributed by atoms with Gasteiger partial charge in [0, 0.05) is 22.6 Å². The van der Waals surface area contributed by atoms with Crippen molar-refractivity contribution in [3.05, 3.63) is 132 Å². The first-order chi connectivity index (χ1) is 15.9. The summed E-state index contributed by atoms with van der Waals surface area (Å²) in [5.41, 5.74) is 2.87. The average molecular weight is 443 g/mol. The van der Waals surface area contributed by atoms with Crippen molar-refractivity contribution in [2.75, 3.05) is 4.90 Å². The minimum atomic E-state index is -4.49. The predicted octanol–water partition coefficient (Wildman–Crippen LogP) is 8.07. The fourth-order valence-electron chi connectivity index (χ4n) is 3.45. The summed E-state index contributed by atoms with van der Waals surface area (Å²) in [7, 11) is 0. The predicted molar refractivity (Wildman–Crippen MR) is 126 cm³/mol. The first-order valence-corrected chi connectivity index (χ1v) is 10.3. The lowest BCUT2D eigenvalue weighted by atomic mass is 10.1. The summed E-state index contributed by atoms with van der Waals surface area (Å²) in [6, 6.07) is 31.9. The second kappa shape index (κ2) is 9.57. The number of para-hydroxylation sites is 2. The van der Waals surface area contributed by atoms with Crippen LogP contribution in [0, 0.1) is 0 Å². The third-order valence-electron chi connectivity index (χ3n) is 5.08. The minimum absolute atomic E-state index is 0.00275. The van der Waals surface area contributed by atoms with Gasteiger partial charge in [0.05, 0.1) is 5.56 Å². The van der Waals surface area contributed by atoms with Gasteiger partial charge in [-0.3, -0.25) is 4.79 Å². The second-order valence-electron chi connectivity index (χ2n) is 7.37. The Balaban J connectivity index is 1.56. The Morgan fingerprint density at radius 2 is 1.21 bits per heavy atom. The van der Waals surface area contributed by atoms with Gasteiger partial charge in [0.2, 0.25) is 0 Å². The van der Waals surface area contributed by atoms with E-state index < -0.39 is 17.5 Å². The molecule has 0 saturated carbocycles. The zero-order chi connectivity index (χ0) is 23.3. The van der Waals surface area contributed by atoms with Crippen molar-refractivity contribution >= 4 is 28.9 Å². The van der Waals surface area contributed by atoms with Gasteiger partial charge in [-0.2, -0.15) is 13.2 Å². The number of benzene rings is 4. The highest BCUT2D eigenvalue weighted by molar-refractivity contribution is 6.06. The molecule has 0 bridgehead atoms. The Hall–Kier alpha value is -4.12. The molecule has 2 nitrogen and oxygen atoms in total. The van der Waals surface area contributed by atoms with E-state index in [9.17, 15) is 18.0 Å². The van der Waals surface area contributed by atoms with Crippen molar-refractivity contribution in [3.63, 3.8) is 0 Å². The number of alkyl halides is 3. The van der Waals surface area contributed by atoms with E-state index in [2.05, 4.69) is 4.90 Å². The van der Waals surface area contributed by atoms with Gasteiger partial charge in [-0.15, -0.1) is 0 Å². The molecule has 4 aromatic carbocycles. The Kier molecular flexibility index (Phi) is 6.41. The van der Waals surface area contributed by atoms with E-state index in [1.54, 1.807) is 6.08 Å². The molecule has 0 saturated heterocycles. The number of nitrogens with zero attached hydrogens (tertiary/aromatic N) is 1. The molecule has 0 radical (unpaired) electrons. The lowest BCUT2D eigenvalue weighted by Crippen LogP contribution is -2.09. The summed E-state index contributed by atoms with van der Waals surface area (Å²) in [5.74, 6) is -0.486. The van der Waals surface area contributed by atoms with Gasteiger partial charge in [0.1, 0.15) is 0 Å². The number of carbonyl (C=O) groups excluding carboxylic acids is 1. The van der Waals surface area contributed by atoms with Crippen LogP contribution in [-0.4, -0.2) is 5.78 Å². The number of carbonyl (C=O) groups is 1. The number of halogens is 3. The molecule has 4 aromatic rings. The van der Waals surface area contributed by atoms with Crippen molar-refractivity contribution in [1.29, 1.82) is 0 Å². The van der Waals surface area contributed by atoms with E-state index in [4.69, 9.17) is 0 Å². The Labute approximate surface area is 190 Å². The first-order valence-electron chi connectivity index (χ1n) is 10.3. The Bertz CT molecular complexity index is 1210. The van der Waals surface area contributed by atoms with Crippen LogP contribution in [0.25, 0.3) is 6.08 Å². The Morgan fingerprint density at radius 1 is 0.667 bits per heavy atom. The van der Waals surface area contributed by atoms with Crippen LogP contribution in [0.3, 0.4) is 0 Å². The van der Waals surface area contributed by atoms with E-state index in [1.807, 2.05) is 84.9 Å². The van der Waals surface area contributed by atoms with Crippen LogP contribution in [0.15, 0.2) is 115 Å². The van der Waals surface area contributed by atoms with Gasteiger partial charge >= 0.3 is 6.18 Å². The van der Waals surface area contributed by atoms with Gasteiger partial charge in [-0.05, 0) is 60.2 Å². The first kappa shape index (κ1) is 22.1. The van der Waals surface area contributed by atoms with Crippen molar-refractivity contribution in [1.82, 2.24) is 0 Å². The quantitative estimate of drug-likeness (QED) is 0.222. The lowest BCUT2D eigenvalue weighted by molar-refractivity contribution is -0.137. The fourth-order valence-corrected chi connectivity index (χ4v) is 3.45. The van der Waals surface area contributed by atoms with Gasteiger partial charge in [0.15, 0.2) is 5.78 Å². The van der Waals surface area contributed by atoms with E-state index >= 15 is 0 Å². The summed E-state index contributed by atoms with van der Waals surface area (Å²) in [5, 5.41) is 0. The Morgan fingerprint density at radius 3 is 1.76 bits per heavy atom. The third-order valence-corrected chi connectivity index (χ3v) is 5.08. The summed E-state index contributed by atoms with van der Waals surface area (Å²) in [4.78, 5) is 14.5. The highest BCUT2D eigenvalue weighted by Crippen LogP contribution is 2.34. The minimum Gasteiger partial charge on any atom is -0.311 e.